The molecule has 5 heteroatoms. The van der Waals surface area contributed by atoms with E-state index in [1.54, 1.807) is 0 Å². The topological polar surface area (TPSA) is 30.7 Å². The van der Waals surface area contributed by atoms with Crippen LogP contribution in [0, 0.1) is 0 Å². The van der Waals surface area contributed by atoms with Crippen LogP contribution in [-0.2, 0) is 0 Å². The smallest absolute Gasteiger partial charge is 0.159 e. The SMILES string of the molecule is C[Si]1(C)c2ccccc2-c2c(-c3ccc(-n4c5ccccc5c5c6sc7ccccc7c6ccc54)cc3)nc(-c3ccccc3)nc21. The minimum absolute atomic E-state index is 0.798. The summed E-state index contributed by atoms with van der Waals surface area (Å²) in [7, 11) is -2.02. The Hall–Kier alpha value is -5.36. The van der Waals surface area contributed by atoms with Crippen molar-refractivity contribution in [2.75, 3.05) is 0 Å². The van der Waals surface area contributed by atoms with Crippen LogP contribution < -0.4 is 10.5 Å². The molecule has 0 spiro atoms. The molecule has 0 N–H and O–H groups in total. The van der Waals surface area contributed by atoms with E-state index in [0.717, 1.165) is 28.3 Å². The van der Waals surface area contributed by atoms with Gasteiger partial charge in [0.1, 0.15) is 8.07 Å². The molecule has 0 aliphatic carbocycles. The van der Waals surface area contributed by atoms with Gasteiger partial charge >= 0.3 is 0 Å². The van der Waals surface area contributed by atoms with Crippen LogP contribution in [0.4, 0.5) is 0 Å². The van der Waals surface area contributed by atoms with E-state index >= 15 is 0 Å². The summed E-state index contributed by atoms with van der Waals surface area (Å²) in [5.74, 6) is 0.798. The Morgan fingerprint density at radius 3 is 2.15 bits per heavy atom. The molecule has 10 rings (SSSR count). The minimum atomic E-state index is -2.02. The number of aromatic nitrogens is 3. The highest BCUT2D eigenvalue weighted by Gasteiger charge is 2.41. The van der Waals surface area contributed by atoms with Crippen molar-refractivity contribution in [2.45, 2.75) is 13.1 Å². The van der Waals surface area contributed by atoms with E-state index < -0.39 is 8.07 Å². The number of thiophene rings is 1. The number of para-hydroxylation sites is 1. The molecule has 0 bridgehead atoms. The van der Waals surface area contributed by atoms with Crippen LogP contribution in [-0.4, -0.2) is 22.6 Å². The molecule has 4 heterocycles. The van der Waals surface area contributed by atoms with Crippen molar-refractivity contribution in [3.63, 3.8) is 0 Å². The summed E-state index contributed by atoms with van der Waals surface area (Å²) in [6.45, 7) is 4.84. The average molecular weight is 636 g/mol. The summed E-state index contributed by atoms with van der Waals surface area (Å²) < 4.78 is 5.10. The molecule has 0 atom stereocenters. The van der Waals surface area contributed by atoms with Gasteiger partial charge < -0.3 is 4.57 Å². The second-order valence-electron chi connectivity index (χ2n) is 13.0. The molecule has 47 heavy (non-hydrogen) atoms. The van der Waals surface area contributed by atoms with Gasteiger partial charge in [0.25, 0.3) is 0 Å². The van der Waals surface area contributed by atoms with Crippen LogP contribution in [0.1, 0.15) is 0 Å². The Balaban J connectivity index is 1.19. The summed E-state index contributed by atoms with van der Waals surface area (Å²) in [6.07, 6.45) is 0. The van der Waals surface area contributed by atoms with E-state index in [1.807, 2.05) is 17.4 Å². The molecular formula is C42H29N3SSi. The van der Waals surface area contributed by atoms with E-state index in [1.165, 1.54) is 63.6 Å². The maximum absolute atomic E-state index is 5.30. The van der Waals surface area contributed by atoms with Gasteiger partial charge in [-0.15, -0.1) is 11.3 Å². The largest absolute Gasteiger partial charge is 0.309 e. The zero-order valence-corrected chi connectivity index (χ0v) is 27.8. The van der Waals surface area contributed by atoms with Gasteiger partial charge in [0.2, 0.25) is 0 Å². The zero-order valence-electron chi connectivity index (χ0n) is 26.0. The Morgan fingerprint density at radius 1 is 0.574 bits per heavy atom. The number of fused-ring (bicyclic) bond motifs is 10. The lowest BCUT2D eigenvalue weighted by atomic mass is 10.00. The third kappa shape index (κ3) is 3.78. The Bertz CT molecular complexity index is 2700. The van der Waals surface area contributed by atoms with Crippen LogP contribution in [0.5, 0.6) is 0 Å². The predicted molar refractivity (Wildman–Crippen MR) is 202 cm³/mol. The molecule has 6 aromatic carbocycles. The van der Waals surface area contributed by atoms with Gasteiger partial charge in [-0.1, -0.05) is 122 Å². The Kier molecular flexibility index (Phi) is 5.60. The van der Waals surface area contributed by atoms with Crippen LogP contribution in [0.25, 0.3) is 81.4 Å². The molecule has 0 saturated carbocycles. The van der Waals surface area contributed by atoms with Gasteiger partial charge in [-0.3, -0.25) is 0 Å². The molecule has 9 aromatic rings. The molecule has 3 nitrogen and oxygen atoms in total. The second-order valence-corrected chi connectivity index (χ2v) is 18.3. The fourth-order valence-corrected chi connectivity index (χ4v) is 11.9. The van der Waals surface area contributed by atoms with E-state index in [-0.39, 0.29) is 0 Å². The molecule has 3 aromatic heterocycles. The molecule has 0 unspecified atom stereocenters. The molecular weight excluding hydrogens is 607 g/mol. The lowest BCUT2D eigenvalue weighted by molar-refractivity contribution is 1.18. The van der Waals surface area contributed by atoms with Gasteiger partial charge in [-0.05, 0) is 41.1 Å². The first-order chi connectivity index (χ1) is 23.1. The molecule has 0 saturated heterocycles. The number of benzene rings is 6. The summed E-state index contributed by atoms with van der Waals surface area (Å²) in [4.78, 5) is 10.6. The number of hydrogen-bond donors (Lipinski definition) is 0. The number of rotatable bonds is 3. The van der Waals surface area contributed by atoms with Gasteiger partial charge in [0.15, 0.2) is 5.82 Å². The lowest BCUT2D eigenvalue weighted by Gasteiger charge is -2.19. The van der Waals surface area contributed by atoms with Crippen LogP contribution in [0.3, 0.4) is 0 Å². The monoisotopic (exact) mass is 635 g/mol. The van der Waals surface area contributed by atoms with Crippen molar-refractivity contribution in [1.29, 1.82) is 0 Å². The minimum Gasteiger partial charge on any atom is -0.309 e. The van der Waals surface area contributed by atoms with Crippen molar-refractivity contribution in [2.24, 2.45) is 0 Å². The van der Waals surface area contributed by atoms with Crippen molar-refractivity contribution >= 4 is 71.9 Å². The van der Waals surface area contributed by atoms with Gasteiger partial charge in [-0.25, -0.2) is 9.97 Å². The van der Waals surface area contributed by atoms with Gasteiger partial charge in [-0.2, -0.15) is 0 Å². The van der Waals surface area contributed by atoms with Crippen molar-refractivity contribution in [3.8, 4) is 39.5 Å². The highest BCUT2D eigenvalue weighted by atomic mass is 32.1. The first-order valence-electron chi connectivity index (χ1n) is 16.1. The van der Waals surface area contributed by atoms with E-state index in [4.69, 9.17) is 9.97 Å². The molecule has 1 aliphatic rings. The summed E-state index contributed by atoms with van der Waals surface area (Å²) in [6, 6.07) is 50.5. The first kappa shape index (κ1) is 26.8. The van der Waals surface area contributed by atoms with E-state index in [9.17, 15) is 0 Å². The zero-order chi connectivity index (χ0) is 31.3. The number of hydrogen-bond acceptors (Lipinski definition) is 3. The molecule has 222 valence electrons. The summed E-state index contributed by atoms with van der Waals surface area (Å²) in [5, 5.41) is 7.93. The average Bonchev–Trinajstić information content (AvgIpc) is 3.74. The standard InChI is InChI=1S/C42H29N3SSi/c1-47(2)36-19-11-8-16-32(36)38-39(43-41(44-42(38)47)27-12-4-3-5-13-27)26-20-22-28(23-21-26)45-33-17-9-6-15-31(33)37-34(45)25-24-30-29-14-7-10-18-35(29)46-40(30)37/h3-25H,1-2H3. The number of nitrogens with zero attached hydrogens (tertiary/aromatic N) is 3. The second kappa shape index (κ2) is 9.82. The highest BCUT2D eigenvalue weighted by molar-refractivity contribution is 7.26. The third-order valence-corrected chi connectivity index (χ3v) is 14.5. The summed E-state index contributed by atoms with van der Waals surface area (Å²) >= 11 is 1.90. The summed E-state index contributed by atoms with van der Waals surface area (Å²) in [5.41, 5.74) is 9.25. The normalized spacial score (nSPS) is 13.5. The maximum atomic E-state index is 5.30. The Morgan fingerprint density at radius 2 is 1.30 bits per heavy atom. The Labute approximate surface area is 277 Å². The fraction of sp³-hybridized carbons (Fsp3) is 0.0476. The van der Waals surface area contributed by atoms with E-state index in [2.05, 4.69) is 151 Å². The van der Waals surface area contributed by atoms with Gasteiger partial charge in [0.05, 0.1) is 16.7 Å². The molecule has 0 radical (unpaired) electrons. The van der Waals surface area contributed by atoms with Crippen molar-refractivity contribution in [1.82, 2.24) is 14.5 Å². The fourth-order valence-electron chi connectivity index (χ4n) is 7.75. The van der Waals surface area contributed by atoms with Crippen LogP contribution in [0.15, 0.2) is 140 Å². The van der Waals surface area contributed by atoms with Crippen LogP contribution in [0.2, 0.25) is 13.1 Å². The first-order valence-corrected chi connectivity index (χ1v) is 19.9. The van der Waals surface area contributed by atoms with Gasteiger partial charge in [0, 0.05) is 58.6 Å². The third-order valence-electron chi connectivity index (χ3n) is 9.98. The van der Waals surface area contributed by atoms with Crippen molar-refractivity contribution < 1.29 is 0 Å². The lowest BCUT2D eigenvalue weighted by Crippen LogP contribution is -2.50. The van der Waals surface area contributed by atoms with Crippen LogP contribution >= 0.6 is 11.3 Å². The highest BCUT2D eigenvalue weighted by Crippen LogP contribution is 2.43. The van der Waals surface area contributed by atoms with E-state index in [0.29, 0.717) is 0 Å². The molecule has 1 aliphatic heterocycles. The predicted octanol–water partition coefficient (Wildman–Crippen LogP) is 10.1. The quantitative estimate of drug-likeness (QED) is 0.181. The van der Waals surface area contributed by atoms with Crippen molar-refractivity contribution in [3.05, 3.63) is 140 Å². The maximum Gasteiger partial charge on any atom is 0.159 e. The molecule has 0 amide bonds. The molecule has 0 fully saturated rings.